The lowest BCUT2D eigenvalue weighted by Crippen LogP contribution is -2.65. The zero-order chi connectivity index (χ0) is 16.6. The third-order valence-electron chi connectivity index (χ3n) is 4.03. The molecule has 8 N–H and O–H groups in total. The Morgan fingerprint density at radius 2 is 1.59 bits per heavy atom. The molecule has 2 rings (SSSR count). The van der Waals surface area contributed by atoms with E-state index in [1.807, 2.05) is 0 Å². The van der Waals surface area contributed by atoms with E-state index in [4.69, 9.17) is 14.6 Å². The van der Waals surface area contributed by atoms with Gasteiger partial charge in [0.1, 0.15) is 61.0 Å². The highest BCUT2D eigenvalue weighted by Crippen LogP contribution is 2.29. The summed E-state index contributed by atoms with van der Waals surface area (Å²) in [5.41, 5.74) is 0. The molecule has 0 spiro atoms. The highest BCUT2D eigenvalue weighted by Gasteiger charge is 2.51. The largest absolute Gasteiger partial charge is 0.394 e. The van der Waals surface area contributed by atoms with Crippen LogP contribution in [0.1, 0.15) is 0 Å². The van der Waals surface area contributed by atoms with Crippen LogP contribution in [-0.4, -0.2) is 109 Å². The number of rotatable bonds is 3. The fraction of sp³-hybridized carbons (Fsp3) is 0.917. The zero-order valence-electron chi connectivity index (χ0n) is 11.5. The quantitative estimate of drug-likeness (QED) is 0.251. The van der Waals surface area contributed by atoms with Crippen molar-refractivity contribution in [2.24, 2.45) is 0 Å². The van der Waals surface area contributed by atoms with E-state index in [-0.39, 0.29) is 0 Å². The second-order valence-corrected chi connectivity index (χ2v) is 5.49. The lowest BCUT2D eigenvalue weighted by molar-refractivity contribution is -0.273. The Kier molecular flexibility index (Phi) is 5.72. The summed E-state index contributed by atoms with van der Waals surface area (Å²) in [6.45, 7) is -1.10. The second kappa shape index (κ2) is 7.01. The minimum absolute atomic E-state index is 0.433. The molecule has 0 aliphatic carbocycles. The highest BCUT2D eigenvalue weighted by molar-refractivity contribution is 5.03. The summed E-state index contributed by atoms with van der Waals surface area (Å²) in [7, 11) is 0. The maximum absolute atomic E-state index is 10.2. The monoisotopic (exact) mass is 325 g/mol. The normalized spacial score (nSPS) is 49.1. The van der Waals surface area contributed by atoms with E-state index in [0.29, 0.717) is 0 Å². The van der Waals surface area contributed by atoms with Crippen LogP contribution in [-0.2, 0) is 9.47 Å². The first-order chi connectivity index (χ1) is 10.3. The summed E-state index contributed by atoms with van der Waals surface area (Å²) in [5, 5.41) is 77.2. The zero-order valence-corrected chi connectivity index (χ0v) is 11.5. The topological polar surface area (TPSA) is 180 Å². The number of hydrogen-bond acceptors (Lipinski definition) is 10. The van der Waals surface area contributed by atoms with Gasteiger partial charge >= 0.3 is 0 Å². The smallest absolute Gasteiger partial charge is 0.150 e. The number of aliphatic hydroxyl groups is 8. The van der Waals surface area contributed by atoms with E-state index >= 15 is 0 Å². The lowest BCUT2D eigenvalue weighted by atomic mass is 9.87. The summed E-state index contributed by atoms with van der Waals surface area (Å²) < 4.78 is 10.2. The van der Waals surface area contributed by atoms with E-state index in [2.05, 4.69) is 0 Å². The molecule has 2 saturated heterocycles. The number of hydrogen-bond donors (Lipinski definition) is 8. The maximum Gasteiger partial charge on any atom is 0.150 e. The van der Waals surface area contributed by atoms with Gasteiger partial charge in [-0.05, 0) is 0 Å². The molecule has 2 unspecified atom stereocenters. The summed E-state index contributed by atoms with van der Waals surface area (Å²) in [4.78, 5) is 0. The molecule has 0 amide bonds. The summed E-state index contributed by atoms with van der Waals surface area (Å²) in [6.07, 6.45) is -14.6. The predicted octanol–water partition coefficient (Wildman–Crippen LogP) is -4.79. The fourth-order valence-corrected chi connectivity index (χ4v) is 2.64. The Morgan fingerprint density at radius 1 is 0.955 bits per heavy atom. The summed E-state index contributed by atoms with van der Waals surface area (Å²) >= 11 is 0. The Bertz CT molecular complexity index is 366. The van der Waals surface area contributed by atoms with Gasteiger partial charge in [0.25, 0.3) is 0 Å². The van der Waals surface area contributed by atoms with Crippen molar-refractivity contribution >= 4 is 0 Å². The SMILES string of the molecule is OC[C@H]1OC(C(O)[C@@H]2OC[C](O)[C@H](O)[C@H]2O)[C@H](O)[C@@H](O)[C@H]1O. The molecular formula is C12H21O10. The van der Waals surface area contributed by atoms with Crippen molar-refractivity contribution in [3.63, 3.8) is 0 Å². The first kappa shape index (κ1) is 17.9. The molecule has 10 nitrogen and oxygen atoms in total. The third kappa shape index (κ3) is 3.12. The van der Waals surface area contributed by atoms with Crippen molar-refractivity contribution in [3.8, 4) is 0 Å². The average molecular weight is 325 g/mol. The molecule has 0 bridgehead atoms. The van der Waals surface area contributed by atoms with Gasteiger partial charge in [-0.3, -0.25) is 0 Å². The van der Waals surface area contributed by atoms with Gasteiger partial charge in [-0.25, -0.2) is 0 Å². The Balaban J connectivity index is 2.12. The molecule has 1 radical (unpaired) electrons. The molecule has 22 heavy (non-hydrogen) atoms. The van der Waals surface area contributed by atoms with E-state index in [9.17, 15) is 35.7 Å². The van der Waals surface area contributed by atoms with Crippen LogP contribution in [0.25, 0.3) is 0 Å². The van der Waals surface area contributed by atoms with Gasteiger partial charge in [-0.2, -0.15) is 0 Å². The first-order valence-electron chi connectivity index (χ1n) is 6.80. The van der Waals surface area contributed by atoms with E-state index in [0.717, 1.165) is 0 Å². The van der Waals surface area contributed by atoms with Gasteiger partial charge in [0.05, 0.1) is 13.2 Å². The van der Waals surface area contributed by atoms with E-state index < -0.39 is 74.3 Å². The van der Waals surface area contributed by atoms with Gasteiger partial charge in [0.2, 0.25) is 0 Å². The van der Waals surface area contributed by atoms with Crippen molar-refractivity contribution < 1.29 is 50.3 Å². The number of ether oxygens (including phenoxy) is 2. The van der Waals surface area contributed by atoms with Crippen molar-refractivity contribution in [1.29, 1.82) is 0 Å². The highest BCUT2D eigenvalue weighted by atomic mass is 16.6. The van der Waals surface area contributed by atoms with Crippen LogP contribution in [0.3, 0.4) is 0 Å². The lowest BCUT2D eigenvalue weighted by Gasteiger charge is -2.45. The molecule has 2 aliphatic rings. The molecule has 129 valence electrons. The van der Waals surface area contributed by atoms with Crippen molar-refractivity contribution in [2.75, 3.05) is 13.2 Å². The van der Waals surface area contributed by atoms with Crippen LogP contribution < -0.4 is 0 Å². The molecule has 0 aromatic heterocycles. The molecule has 2 heterocycles. The van der Waals surface area contributed by atoms with Crippen LogP contribution in [0.15, 0.2) is 0 Å². The maximum atomic E-state index is 10.2. The van der Waals surface area contributed by atoms with Crippen molar-refractivity contribution in [2.45, 2.75) is 54.9 Å². The van der Waals surface area contributed by atoms with Crippen LogP contribution in [0.5, 0.6) is 0 Å². The standard InChI is InChI=1S/C12H21O10/c13-1-4-6(16)7(17)9(19)12(22-4)10(20)11-8(18)5(15)3(14)2-21-11/h4-20H,1-2H2/t4-,5+,6+,7+,8-,9-,10?,11-,12?/m1/s1. The molecule has 0 aromatic carbocycles. The van der Waals surface area contributed by atoms with Crippen molar-refractivity contribution in [1.82, 2.24) is 0 Å². The second-order valence-electron chi connectivity index (χ2n) is 5.49. The minimum Gasteiger partial charge on any atom is -0.394 e. The van der Waals surface area contributed by atoms with Gasteiger partial charge < -0.3 is 50.3 Å². The predicted molar refractivity (Wildman–Crippen MR) is 66.7 cm³/mol. The minimum atomic E-state index is -1.71. The molecule has 0 aromatic rings. The molecule has 9 atom stereocenters. The van der Waals surface area contributed by atoms with Gasteiger partial charge in [0.15, 0.2) is 0 Å². The Hall–Kier alpha value is -0.400. The van der Waals surface area contributed by atoms with Crippen LogP contribution in [0, 0.1) is 6.10 Å². The van der Waals surface area contributed by atoms with Gasteiger partial charge in [-0.15, -0.1) is 0 Å². The molecule has 2 aliphatic heterocycles. The molecule has 2 fully saturated rings. The molecule has 0 saturated carbocycles. The molecule has 10 heteroatoms. The van der Waals surface area contributed by atoms with E-state index in [1.165, 1.54) is 0 Å². The molecular weight excluding hydrogens is 304 g/mol. The number of aliphatic hydroxyl groups excluding tert-OH is 8. The van der Waals surface area contributed by atoms with Gasteiger partial charge in [-0.1, -0.05) is 0 Å². The Labute approximate surface area is 125 Å². The van der Waals surface area contributed by atoms with Crippen LogP contribution in [0.4, 0.5) is 0 Å². The first-order valence-corrected chi connectivity index (χ1v) is 6.80. The van der Waals surface area contributed by atoms with Crippen LogP contribution in [0.2, 0.25) is 0 Å². The Morgan fingerprint density at radius 3 is 2.18 bits per heavy atom. The van der Waals surface area contributed by atoms with Crippen LogP contribution >= 0.6 is 0 Å². The van der Waals surface area contributed by atoms with Gasteiger partial charge in [0, 0.05) is 0 Å². The van der Waals surface area contributed by atoms with E-state index in [1.54, 1.807) is 0 Å². The average Bonchev–Trinajstić information content (AvgIpc) is 2.50. The fourth-order valence-electron chi connectivity index (χ4n) is 2.64. The summed E-state index contributed by atoms with van der Waals surface area (Å²) in [6, 6.07) is 0. The third-order valence-corrected chi connectivity index (χ3v) is 4.03. The van der Waals surface area contributed by atoms with Crippen molar-refractivity contribution in [3.05, 3.63) is 6.10 Å². The summed E-state index contributed by atoms with van der Waals surface area (Å²) in [5.74, 6) is 0.